The van der Waals surface area contributed by atoms with Crippen molar-refractivity contribution in [1.29, 1.82) is 5.26 Å². The molecule has 1 aromatic carbocycles. The summed E-state index contributed by atoms with van der Waals surface area (Å²) in [6.07, 6.45) is -0.110. The lowest BCUT2D eigenvalue weighted by Gasteiger charge is -2.06. The number of hydrogen-bond acceptors (Lipinski definition) is 4. The molecule has 5 nitrogen and oxygen atoms in total. The van der Waals surface area contributed by atoms with E-state index in [1.807, 2.05) is 6.07 Å². The average Bonchev–Trinajstić information content (AvgIpc) is 2.77. The molecule has 2 aromatic rings. The van der Waals surface area contributed by atoms with Crippen LogP contribution in [0.2, 0.25) is 0 Å². The summed E-state index contributed by atoms with van der Waals surface area (Å²) < 4.78 is 1.43. The van der Waals surface area contributed by atoms with Crippen LogP contribution in [0, 0.1) is 11.3 Å². The highest BCUT2D eigenvalue weighted by atomic mass is 32.1. The second-order valence-corrected chi connectivity index (χ2v) is 4.70. The Balaban J connectivity index is 2.42. The molecule has 0 unspecified atom stereocenters. The highest BCUT2D eigenvalue weighted by Gasteiger charge is 2.10. The van der Waals surface area contributed by atoms with Crippen LogP contribution < -0.4 is 4.87 Å². The van der Waals surface area contributed by atoms with E-state index in [4.69, 9.17) is 10.4 Å². The van der Waals surface area contributed by atoms with Crippen LogP contribution in [0.4, 0.5) is 0 Å². The van der Waals surface area contributed by atoms with Crippen LogP contribution in [0.25, 0.3) is 11.3 Å². The van der Waals surface area contributed by atoms with E-state index in [0.717, 1.165) is 16.9 Å². The number of aromatic nitrogens is 1. The Bertz CT molecular complexity index is 709. The number of carbonyl (C=O) groups is 1. The molecule has 6 heteroatoms. The van der Waals surface area contributed by atoms with Gasteiger partial charge in [0.25, 0.3) is 0 Å². The van der Waals surface area contributed by atoms with Gasteiger partial charge in [0.2, 0.25) is 0 Å². The number of hydrogen-bond donors (Lipinski definition) is 1. The van der Waals surface area contributed by atoms with E-state index < -0.39 is 5.97 Å². The molecule has 2 rings (SSSR count). The minimum absolute atomic E-state index is 0.110. The van der Waals surface area contributed by atoms with Crippen LogP contribution in [0.15, 0.2) is 34.4 Å². The lowest BCUT2D eigenvalue weighted by molar-refractivity contribution is -0.137. The first kappa shape index (κ1) is 13.1. The molecule has 0 aliphatic heterocycles. The fourth-order valence-electron chi connectivity index (χ4n) is 1.72. The van der Waals surface area contributed by atoms with Crippen molar-refractivity contribution in [3.8, 4) is 17.3 Å². The van der Waals surface area contributed by atoms with E-state index in [9.17, 15) is 9.59 Å². The summed E-state index contributed by atoms with van der Waals surface area (Å²) in [5.41, 5.74) is 1.89. The maximum atomic E-state index is 11.7. The summed E-state index contributed by atoms with van der Waals surface area (Å²) in [6, 6.07) is 8.92. The molecular formula is C13H10N2O3S. The molecule has 0 aliphatic carbocycles. The molecule has 1 aromatic heterocycles. The van der Waals surface area contributed by atoms with Crippen molar-refractivity contribution in [3.05, 3.63) is 44.9 Å². The van der Waals surface area contributed by atoms with Crippen LogP contribution in [-0.2, 0) is 11.3 Å². The SMILES string of the molecule is N#Cc1cccc(-c2csc(=O)n2CCC(=O)O)c1. The summed E-state index contributed by atoms with van der Waals surface area (Å²) in [5.74, 6) is -0.949. The Kier molecular flexibility index (Phi) is 3.78. The van der Waals surface area contributed by atoms with Gasteiger partial charge in [0.1, 0.15) is 0 Å². The highest BCUT2D eigenvalue weighted by molar-refractivity contribution is 7.07. The second kappa shape index (κ2) is 5.50. The molecule has 0 amide bonds. The highest BCUT2D eigenvalue weighted by Crippen LogP contribution is 2.21. The van der Waals surface area contributed by atoms with E-state index >= 15 is 0 Å². The molecule has 19 heavy (non-hydrogen) atoms. The molecular weight excluding hydrogens is 264 g/mol. The predicted octanol–water partition coefficient (Wildman–Crippen LogP) is 1.92. The zero-order valence-corrected chi connectivity index (χ0v) is 10.7. The Labute approximate surface area is 113 Å². The molecule has 1 N–H and O–H groups in total. The van der Waals surface area contributed by atoms with Crippen molar-refractivity contribution in [3.63, 3.8) is 0 Å². The third-order valence-electron chi connectivity index (χ3n) is 2.62. The summed E-state index contributed by atoms with van der Waals surface area (Å²) in [4.78, 5) is 22.1. The average molecular weight is 274 g/mol. The smallest absolute Gasteiger partial charge is 0.307 e. The molecule has 0 saturated heterocycles. The van der Waals surface area contributed by atoms with Gasteiger partial charge in [0.15, 0.2) is 0 Å². The van der Waals surface area contributed by atoms with E-state index in [2.05, 4.69) is 0 Å². The predicted molar refractivity (Wildman–Crippen MR) is 71.0 cm³/mol. The molecule has 0 atom stereocenters. The van der Waals surface area contributed by atoms with Crippen LogP contribution in [0.3, 0.4) is 0 Å². The van der Waals surface area contributed by atoms with E-state index in [1.54, 1.807) is 29.6 Å². The number of thiazole rings is 1. The topological polar surface area (TPSA) is 83.1 Å². The number of rotatable bonds is 4. The Morgan fingerprint density at radius 2 is 2.26 bits per heavy atom. The van der Waals surface area contributed by atoms with Gasteiger partial charge in [-0.1, -0.05) is 23.5 Å². The van der Waals surface area contributed by atoms with Crippen molar-refractivity contribution in [2.45, 2.75) is 13.0 Å². The first-order valence-corrected chi connectivity index (χ1v) is 6.40. The second-order valence-electron chi connectivity index (χ2n) is 3.87. The van der Waals surface area contributed by atoms with Crippen molar-refractivity contribution < 1.29 is 9.90 Å². The molecule has 0 fully saturated rings. The molecule has 96 valence electrons. The summed E-state index contributed by atoms with van der Waals surface area (Å²) in [6.45, 7) is 0.129. The number of carboxylic acid groups (broad SMARTS) is 1. The van der Waals surface area contributed by atoms with E-state index in [-0.39, 0.29) is 17.8 Å². The van der Waals surface area contributed by atoms with Gasteiger partial charge in [0.05, 0.1) is 23.7 Å². The largest absolute Gasteiger partial charge is 0.481 e. The number of nitriles is 1. The van der Waals surface area contributed by atoms with Crippen molar-refractivity contribution in [2.75, 3.05) is 0 Å². The van der Waals surface area contributed by atoms with Crippen molar-refractivity contribution >= 4 is 17.3 Å². The van der Waals surface area contributed by atoms with Gasteiger partial charge in [0, 0.05) is 17.5 Å². The fourth-order valence-corrected chi connectivity index (χ4v) is 2.52. The summed E-state index contributed by atoms with van der Waals surface area (Å²) in [5, 5.41) is 19.2. The van der Waals surface area contributed by atoms with Gasteiger partial charge in [-0.05, 0) is 12.1 Å². The third-order valence-corrected chi connectivity index (χ3v) is 3.38. The Hall–Kier alpha value is -2.39. The van der Waals surface area contributed by atoms with Gasteiger partial charge < -0.3 is 5.11 Å². The van der Waals surface area contributed by atoms with Crippen molar-refractivity contribution in [1.82, 2.24) is 4.57 Å². The van der Waals surface area contributed by atoms with Crippen molar-refractivity contribution in [2.24, 2.45) is 0 Å². The first-order chi connectivity index (χ1) is 9.11. The first-order valence-electron chi connectivity index (χ1n) is 5.52. The minimum Gasteiger partial charge on any atom is -0.481 e. The maximum absolute atomic E-state index is 11.7. The van der Waals surface area contributed by atoms with Gasteiger partial charge in [-0.25, -0.2) is 0 Å². The van der Waals surface area contributed by atoms with Crippen LogP contribution in [-0.4, -0.2) is 15.6 Å². The molecule has 0 spiro atoms. The quantitative estimate of drug-likeness (QED) is 0.923. The van der Waals surface area contributed by atoms with Gasteiger partial charge in [-0.3, -0.25) is 14.2 Å². The number of nitrogens with zero attached hydrogens (tertiary/aromatic N) is 2. The summed E-state index contributed by atoms with van der Waals surface area (Å²) >= 11 is 1.02. The fraction of sp³-hybridized carbons (Fsp3) is 0.154. The zero-order valence-electron chi connectivity index (χ0n) is 9.87. The maximum Gasteiger partial charge on any atom is 0.307 e. The number of carboxylic acids is 1. The minimum atomic E-state index is -0.949. The molecule has 0 aliphatic rings. The lowest BCUT2D eigenvalue weighted by Crippen LogP contribution is -2.16. The number of benzene rings is 1. The molecule has 1 heterocycles. The van der Waals surface area contributed by atoms with Gasteiger partial charge in [-0.15, -0.1) is 0 Å². The molecule has 0 radical (unpaired) electrons. The number of aliphatic carboxylic acids is 1. The standard InChI is InChI=1S/C13H10N2O3S/c14-7-9-2-1-3-10(6-9)11-8-19-13(18)15(11)5-4-12(16)17/h1-3,6,8H,4-5H2,(H,16,17). The lowest BCUT2D eigenvalue weighted by atomic mass is 10.1. The molecule has 0 bridgehead atoms. The van der Waals surface area contributed by atoms with E-state index in [0.29, 0.717) is 11.3 Å². The molecule has 0 saturated carbocycles. The Morgan fingerprint density at radius 1 is 1.47 bits per heavy atom. The Morgan fingerprint density at radius 3 is 2.95 bits per heavy atom. The normalized spacial score (nSPS) is 10.1. The summed E-state index contributed by atoms with van der Waals surface area (Å²) in [7, 11) is 0. The monoisotopic (exact) mass is 274 g/mol. The van der Waals surface area contributed by atoms with Crippen LogP contribution >= 0.6 is 11.3 Å². The van der Waals surface area contributed by atoms with E-state index in [1.165, 1.54) is 4.57 Å². The van der Waals surface area contributed by atoms with Crippen LogP contribution in [0.1, 0.15) is 12.0 Å². The van der Waals surface area contributed by atoms with Gasteiger partial charge in [-0.2, -0.15) is 5.26 Å². The van der Waals surface area contributed by atoms with Crippen LogP contribution in [0.5, 0.6) is 0 Å². The third kappa shape index (κ3) is 2.89. The van der Waals surface area contributed by atoms with Gasteiger partial charge >= 0.3 is 10.8 Å². The zero-order chi connectivity index (χ0) is 13.8.